The molecule has 2 unspecified atom stereocenters. The normalized spacial score (nSPS) is 20.4. The number of benzene rings is 2. The van der Waals surface area contributed by atoms with Crippen molar-refractivity contribution in [3.05, 3.63) is 80.9 Å². The molecule has 2 aromatic carbocycles. The Bertz CT molecular complexity index is 1060. The minimum atomic E-state index is -1.99. The van der Waals surface area contributed by atoms with E-state index in [2.05, 4.69) is 126 Å². The summed E-state index contributed by atoms with van der Waals surface area (Å²) < 4.78 is 1.07. The van der Waals surface area contributed by atoms with E-state index in [1.165, 1.54) is 0 Å². The summed E-state index contributed by atoms with van der Waals surface area (Å²) in [6.45, 7) is 19.6. The van der Waals surface area contributed by atoms with Crippen LogP contribution in [0.2, 0.25) is 13.1 Å². The average molecular weight is 441 g/mol. The molecule has 0 saturated heterocycles. The van der Waals surface area contributed by atoms with Gasteiger partial charge in [-0.3, -0.25) is 0 Å². The molecule has 0 heterocycles. The van der Waals surface area contributed by atoms with Gasteiger partial charge < -0.3 is 0 Å². The zero-order chi connectivity index (χ0) is 24.2. The average Bonchev–Trinajstić information content (AvgIpc) is 3.25. The van der Waals surface area contributed by atoms with Crippen molar-refractivity contribution >= 4 is 53.9 Å². The SMILES string of the molecule is [Li][CH]1C(CC)=C([Si](C)(C)C2=C(CC)[CH]([Li])c3cccc(C(C)C)c32)c2c(C(C)C)cccc21. The first kappa shape index (κ1) is 25.4. The third-order valence-corrected chi connectivity index (χ3v) is 12.3. The summed E-state index contributed by atoms with van der Waals surface area (Å²) in [6.07, 6.45) is 2.31. The molecule has 2 aliphatic rings. The summed E-state index contributed by atoms with van der Waals surface area (Å²) >= 11 is 4.91. The maximum atomic E-state index is 2.67. The predicted octanol–water partition coefficient (Wildman–Crippen LogP) is 8.19. The summed E-state index contributed by atoms with van der Waals surface area (Å²) in [4.78, 5) is 0. The van der Waals surface area contributed by atoms with Crippen LogP contribution in [0.15, 0.2) is 47.5 Å². The fourth-order valence-corrected chi connectivity index (χ4v) is 11.6. The van der Waals surface area contributed by atoms with Gasteiger partial charge in [0, 0.05) is 0 Å². The van der Waals surface area contributed by atoms with Gasteiger partial charge in [0.25, 0.3) is 0 Å². The van der Waals surface area contributed by atoms with Crippen molar-refractivity contribution in [2.24, 2.45) is 0 Å². The van der Waals surface area contributed by atoms with Crippen LogP contribution in [0.1, 0.15) is 109 Å². The van der Waals surface area contributed by atoms with E-state index < -0.39 is 8.07 Å². The summed E-state index contributed by atoms with van der Waals surface area (Å²) in [5, 5.41) is 3.52. The second kappa shape index (κ2) is 9.42. The summed E-state index contributed by atoms with van der Waals surface area (Å²) in [5.41, 5.74) is 12.9. The molecule has 0 saturated carbocycles. The summed E-state index contributed by atoms with van der Waals surface area (Å²) in [5.74, 6) is 1.09. The molecule has 3 heteroatoms. The van der Waals surface area contributed by atoms with Gasteiger partial charge in [-0.2, -0.15) is 0 Å². The van der Waals surface area contributed by atoms with Gasteiger partial charge in [-0.05, 0) is 0 Å². The van der Waals surface area contributed by atoms with Gasteiger partial charge in [0.05, 0.1) is 0 Å². The molecule has 33 heavy (non-hydrogen) atoms. The van der Waals surface area contributed by atoms with E-state index in [1.54, 1.807) is 54.9 Å². The molecule has 0 amide bonds. The summed E-state index contributed by atoms with van der Waals surface area (Å²) in [7, 11) is -1.99. The molecule has 0 radical (unpaired) electrons. The van der Waals surface area contributed by atoms with Gasteiger partial charge in [-0.1, -0.05) is 0 Å². The van der Waals surface area contributed by atoms with E-state index in [0.717, 1.165) is 12.8 Å². The first-order valence-electron chi connectivity index (χ1n) is 13.3. The number of fused-ring (bicyclic) bond motifs is 2. The van der Waals surface area contributed by atoms with Gasteiger partial charge >= 0.3 is 223 Å². The van der Waals surface area contributed by atoms with Crippen molar-refractivity contribution in [3.8, 4) is 0 Å². The molecule has 0 aromatic heterocycles. The van der Waals surface area contributed by atoms with E-state index >= 15 is 0 Å². The van der Waals surface area contributed by atoms with E-state index in [4.69, 9.17) is 0 Å². The van der Waals surface area contributed by atoms with Crippen LogP contribution < -0.4 is 0 Å². The minimum absolute atomic E-state index is 0.537. The maximum absolute atomic E-state index is 2.67. The fourth-order valence-electron chi connectivity index (χ4n) is 7.09. The molecule has 2 atom stereocenters. The first-order valence-corrected chi connectivity index (χ1v) is 16.3. The number of hydrogen-bond acceptors (Lipinski definition) is 0. The topological polar surface area (TPSA) is 0 Å². The van der Waals surface area contributed by atoms with Crippen LogP contribution in [0.5, 0.6) is 0 Å². The van der Waals surface area contributed by atoms with Crippen LogP contribution in [0.4, 0.5) is 0 Å². The van der Waals surface area contributed by atoms with Gasteiger partial charge in [0.15, 0.2) is 0 Å². The molecular formula is C30H38Li2Si. The molecule has 164 valence electrons. The monoisotopic (exact) mass is 440 g/mol. The Morgan fingerprint density at radius 2 is 1.06 bits per heavy atom. The van der Waals surface area contributed by atoms with Crippen molar-refractivity contribution in [1.29, 1.82) is 0 Å². The Labute approximate surface area is 222 Å². The Balaban J connectivity index is 2.07. The van der Waals surface area contributed by atoms with Crippen LogP contribution in [0.25, 0.3) is 10.4 Å². The van der Waals surface area contributed by atoms with E-state index in [-0.39, 0.29) is 0 Å². The molecule has 2 aliphatic carbocycles. The fraction of sp³-hybridized carbons (Fsp3) is 0.467. The Morgan fingerprint density at radius 1 is 0.697 bits per heavy atom. The van der Waals surface area contributed by atoms with Crippen LogP contribution >= 0.6 is 0 Å². The van der Waals surface area contributed by atoms with Crippen molar-refractivity contribution < 1.29 is 0 Å². The van der Waals surface area contributed by atoms with E-state index in [1.807, 2.05) is 0 Å². The predicted molar refractivity (Wildman–Crippen MR) is 150 cm³/mol. The third-order valence-electron chi connectivity index (χ3n) is 8.63. The molecule has 0 bridgehead atoms. The van der Waals surface area contributed by atoms with Crippen molar-refractivity contribution in [2.45, 2.75) is 88.5 Å². The molecule has 2 aromatic rings. The van der Waals surface area contributed by atoms with Gasteiger partial charge in [-0.25, -0.2) is 0 Å². The Hall–Kier alpha value is -0.668. The van der Waals surface area contributed by atoms with Gasteiger partial charge in [0.2, 0.25) is 0 Å². The molecule has 4 rings (SSSR count). The van der Waals surface area contributed by atoms with Crippen molar-refractivity contribution in [2.75, 3.05) is 0 Å². The number of rotatable bonds is 6. The first-order chi connectivity index (χ1) is 15.6. The van der Waals surface area contributed by atoms with Crippen LogP contribution in [-0.2, 0) is 0 Å². The van der Waals surface area contributed by atoms with E-state index in [9.17, 15) is 0 Å². The van der Waals surface area contributed by atoms with Crippen LogP contribution in [0.3, 0.4) is 0 Å². The standard InChI is InChI=1S/C30H38Si.2Li/c1-9-21-17-23-13-11-15-25(19(3)4)27(23)29(21)31(7,8)30-22(10-2)18-24-14-12-16-26(20(5)6)28(24)30;;/h11-20H,9-10H2,1-8H3;;. The molecule has 0 aliphatic heterocycles. The quantitative estimate of drug-likeness (QED) is 0.397. The molecule has 0 spiro atoms. The van der Waals surface area contributed by atoms with Crippen molar-refractivity contribution in [3.63, 3.8) is 0 Å². The second-order valence-corrected chi connectivity index (χ2v) is 15.8. The van der Waals surface area contributed by atoms with Gasteiger partial charge in [0.1, 0.15) is 0 Å². The zero-order valence-electron chi connectivity index (χ0n) is 22.7. The van der Waals surface area contributed by atoms with E-state index in [0.29, 0.717) is 21.0 Å². The zero-order valence-corrected chi connectivity index (χ0v) is 23.7. The van der Waals surface area contributed by atoms with Crippen LogP contribution in [-0.4, -0.2) is 43.5 Å². The Kier molecular flexibility index (Phi) is 7.25. The van der Waals surface area contributed by atoms with Gasteiger partial charge in [-0.15, -0.1) is 0 Å². The summed E-state index contributed by atoms with van der Waals surface area (Å²) in [6, 6.07) is 14.2. The second-order valence-electron chi connectivity index (χ2n) is 11.5. The molecule has 0 fully saturated rings. The third kappa shape index (κ3) is 3.88. The molecular weight excluding hydrogens is 402 g/mol. The molecule has 0 N–H and O–H groups in total. The van der Waals surface area contributed by atoms with Crippen molar-refractivity contribution in [1.82, 2.24) is 0 Å². The Morgan fingerprint density at radius 3 is 1.36 bits per heavy atom. The number of hydrogen-bond donors (Lipinski definition) is 0. The molecule has 0 nitrogen and oxygen atoms in total. The van der Waals surface area contributed by atoms with Crippen LogP contribution in [0, 0.1) is 0 Å². The number of allylic oxidation sites excluding steroid dienone is 2.